The van der Waals surface area contributed by atoms with Gasteiger partial charge in [0.1, 0.15) is 0 Å². The maximum Gasteiger partial charge on any atom is 0.318 e. The van der Waals surface area contributed by atoms with Gasteiger partial charge in [-0.1, -0.05) is 0 Å². The van der Waals surface area contributed by atoms with E-state index in [-0.39, 0.29) is 12.1 Å². The number of hydrogen-bond acceptors (Lipinski definition) is 4. The van der Waals surface area contributed by atoms with Gasteiger partial charge in [-0.2, -0.15) is 5.10 Å². The van der Waals surface area contributed by atoms with Gasteiger partial charge in [0.25, 0.3) is 0 Å². The Hall–Kier alpha value is -2.41. The zero-order chi connectivity index (χ0) is 19.2. The third kappa shape index (κ3) is 4.86. The fourth-order valence-electron chi connectivity index (χ4n) is 3.54. The van der Waals surface area contributed by atoms with E-state index in [0.29, 0.717) is 19.6 Å². The molecule has 1 aliphatic heterocycles. The molecule has 0 unspecified atom stereocenters. The lowest BCUT2D eigenvalue weighted by Gasteiger charge is -2.26. The molecule has 1 saturated heterocycles. The van der Waals surface area contributed by atoms with Crippen molar-refractivity contribution in [3.05, 3.63) is 47.0 Å². The van der Waals surface area contributed by atoms with Crippen LogP contribution in [0.3, 0.4) is 0 Å². The highest BCUT2D eigenvalue weighted by Gasteiger charge is 2.23. The number of pyridine rings is 1. The van der Waals surface area contributed by atoms with Crippen molar-refractivity contribution in [2.24, 2.45) is 0 Å². The van der Waals surface area contributed by atoms with Gasteiger partial charge in [-0.25, -0.2) is 4.79 Å². The monoisotopic (exact) mass is 371 g/mol. The molecule has 1 N–H and O–H groups in total. The molecule has 2 aromatic rings. The Kier molecular flexibility index (Phi) is 6.45. The van der Waals surface area contributed by atoms with Crippen LogP contribution in [-0.4, -0.2) is 45.0 Å². The van der Waals surface area contributed by atoms with Crippen molar-refractivity contribution in [3.63, 3.8) is 0 Å². The summed E-state index contributed by atoms with van der Waals surface area (Å²) in [4.78, 5) is 18.8. The number of carbonyl (C=O) groups is 1. The topological polar surface area (TPSA) is 72.3 Å². The molecule has 0 radical (unpaired) electrons. The number of ether oxygens (including phenoxy) is 1. The number of nitrogens with zero attached hydrogens (tertiary/aromatic N) is 4. The lowest BCUT2D eigenvalue weighted by molar-refractivity contribution is 0.0794. The minimum atomic E-state index is -0.0784. The Balaban J connectivity index is 1.67. The molecule has 1 aliphatic rings. The van der Waals surface area contributed by atoms with Gasteiger partial charge in [0.15, 0.2) is 0 Å². The maximum absolute atomic E-state index is 12.9. The summed E-state index contributed by atoms with van der Waals surface area (Å²) in [7, 11) is 0. The van der Waals surface area contributed by atoms with E-state index in [1.807, 2.05) is 35.6 Å². The maximum atomic E-state index is 12.9. The van der Waals surface area contributed by atoms with Crippen molar-refractivity contribution in [1.29, 1.82) is 0 Å². The van der Waals surface area contributed by atoms with Gasteiger partial charge in [0.2, 0.25) is 0 Å². The quantitative estimate of drug-likeness (QED) is 0.812. The van der Waals surface area contributed by atoms with Crippen LogP contribution in [0.1, 0.15) is 42.3 Å². The molecule has 146 valence electrons. The van der Waals surface area contributed by atoms with Crippen LogP contribution in [0.4, 0.5) is 4.79 Å². The molecule has 1 atom stereocenters. The summed E-state index contributed by atoms with van der Waals surface area (Å²) in [5, 5.41) is 7.60. The molecule has 7 nitrogen and oxygen atoms in total. The van der Waals surface area contributed by atoms with Gasteiger partial charge < -0.3 is 15.0 Å². The zero-order valence-corrected chi connectivity index (χ0v) is 16.4. The zero-order valence-electron chi connectivity index (χ0n) is 16.4. The SMILES string of the molecule is CCn1nc(C)c(CNC(=O)N(Cc2ccncc2)C[C@@H]2CCCO2)c1C. The molecule has 1 fully saturated rings. The van der Waals surface area contributed by atoms with Crippen LogP contribution < -0.4 is 5.32 Å². The Morgan fingerprint density at radius 1 is 1.37 bits per heavy atom. The summed E-state index contributed by atoms with van der Waals surface area (Å²) >= 11 is 0. The van der Waals surface area contributed by atoms with Crippen LogP contribution in [0.5, 0.6) is 0 Å². The van der Waals surface area contributed by atoms with Gasteiger partial charge in [-0.05, 0) is 51.3 Å². The average Bonchev–Trinajstić information content (AvgIpc) is 3.28. The van der Waals surface area contributed by atoms with E-state index in [4.69, 9.17) is 4.74 Å². The van der Waals surface area contributed by atoms with Gasteiger partial charge in [0, 0.05) is 56.4 Å². The first-order valence-corrected chi connectivity index (χ1v) is 9.64. The third-order valence-corrected chi connectivity index (χ3v) is 5.11. The summed E-state index contributed by atoms with van der Waals surface area (Å²) in [6.45, 7) is 9.33. The summed E-state index contributed by atoms with van der Waals surface area (Å²) in [5.74, 6) is 0. The van der Waals surface area contributed by atoms with E-state index in [1.165, 1.54) is 0 Å². The Morgan fingerprint density at radius 2 is 2.15 bits per heavy atom. The summed E-state index contributed by atoms with van der Waals surface area (Å²) in [6.07, 6.45) is 5.68. The van der Waals surface area contributed by atoms with Gasteiger partial charge in [-0.15, -0.1) is 0 Å². The fraction of sp³-hybridized carbons (Fsp3) is 0.550. The molecular weight excluding hydrogens is 342 g/mol. The number of aromatic nitrogens is 3. The van der Waals surface area contributed by atoms with E-state index in [1.54, 1.807) is 12.4 Å². The molecule has 0 saturated carbocycles. The molecule has 3 heterocycles. The third-order valence-electron chi connectivity index (χ3n) is 5.11. The van der Waals surface area contributed by atoms with Crippen LogP contribution in [0, 0.1) is 13.8 Å². The molecule has 7 heteroatoms. The second-order valence-corrected chi connectivity index (χ2v) is 6.99. The van der Waals surface area contributed by atoms with Crippen molar-refractivity contribution in [2.75, 3.05) is 13.2 Å². The summed E-state index contributed by atoms with van der Waals surface area (Å²) in [5.41, 5.74) is 4.22. The lowest BCUT2D eigenvalue weighted by Crippen LogP contribution is -2.43. The van der Waals surface area contributed by atoms with Gasteiger partial charge in [-0.3, -0.25) is 9.67 Å². The number of nitrogens with one attached hydrogen (secondary N) is 1. The van der Waals surface area contributed by atoms with Gasteiger partial charge >= 0.3 is 6.03 Å². The van der Waals surface area contributed by atoms with Crippen LogP contribution in [-0.2, 0) is 24.4 Å². The second kappa shape index (κ2) is 8.99. The normalized spacial score (nSPS) is 16.5. The molecule has 0 aromatic carbocycles. The summed E-state index contributed by atoms with van der Waals surface area (Å²) in [6, 6.07) is 3.80. The number of rotatable bonds is 7. The van der Waals surface area contributed by atoms with Crippen molar-refractivity contribution >= 4 is 6.03 Å². The number of hydrogen-bond donors (Lipinski definition) is 1. The predicted octanol–water partition coefficient (Wildman–Crippen LogP) is 2.81. The first-order chi connectivity index (χ1) is 13.1. The van der Waals surface area contributed by atoms with Crippen LogP contribution in [0.2, 0.25) is 0 Å². The highest BCUT2D eigenvalue weighted by atomic mass is 16.5. The van der Waals surface area contributed by atoms with Crippen molar-refractivity contribution in [2.45, 2.75) is 59.4 Å². The summed E-state index contributed by atoms with van der Waals surface area (Å²) < 4.78 is 7.71. The first-order valence-electron chi connectivity index (χ1n) is 9.64. The highest BCUT2D eigenvalue weighted by Crippen LogP contribution is 2.16. The lowest BCUT2D eigenvalue weighted by atomic mass is 10.2. The van der Waals surface area contributed by atoms with Crippen molar-refractivity contribution in [3.8, 4) is 0 Å². The molecule has 2 aromatic heterocycles. The molecular formula is C20H29N5O2. The predicted molar refractivity (Wildman–Crippen MR) is 103 cm³/mol. The van der Waals surface area contributed by atoms with E-state index in [9.17, 15) is 4.79 Å². The van der Waals surface area contributed by atoms with Crippen LogP contribution in [0.25, 0.3) is 0 Å². The van der Waals surface area contributed by atoms with E-state index in [0.717, 1.165) is 48.5 Å². The van der Waals surface area contributed by atoms with Crippen LogP contribution in [0.15, 0.2) is 24.5 Å². The molecule has 3 rings (SSSR count). The largest absolute Gasteiger partial charge is 0.376 e. The Labute approximate surface area is 160 Å². The number of urea groups is 1. The van der Waals surface area contributed by atoms with E-state index in [2.05, 4.69) is 22.3 Å². The number of amides is 2. The molecule has 2 amide bonds. The van der Waals surface area contributed by atoms with Gasteiger partial charge in [0.05, 0.1) is 11.8 Å². The minimum absolute atomic E-state index is 0.0784. The molecule has 0 bridgehead atoms. The molecule has 0 spiro atoms. The number of carbonyl (C=O) groups excluding carboxylic acids is 1. The second-order valence-electron chi connectivity index (χ2n) is 6.99. The average molecular weight is 371 g/mol. The van der Waals surface area contributed by atoms with Crippen molar-refractivity contribution < 1.29 is 9.53 Å². The number of aryl methyl sites for hydroxylation is 2. The highest BCUT2D eigenvalue weighted by molar-refractivity contribution is 5.74. The molecule has 27 heavy (non-hydrogen) atoms. The van der Waals surface area contributed by atoms with E-state index < -0.39 is 0 Å². The molecule has 0 aliphatic carbocycles. The van der Waals surface area contributed by atoms with E-state index >= 15 is 0 Å². The Morgan fingerprint density at radius 3 is 2.78 bits per heavy atom. The minimum Gasteiger partial charge on any atom is -0.376 e. The fourth-order valence-corrected chi connectivity index (χ4v) is 3.54. The smallest absolute Gasteiger partial charge is 0.318 e. The van der Waals surface area contributed by atoms with Crippen molar-refractivity contribution in [1.82, 2.24) is 25.0 Å². The Bertz CT molecular complexity index is 753. The first kappa shape index (κ1) is 19.4. The van der Waals surface area contributed by atoms with Crippen LogP contribution >= 0.6 is 0 Å². The standard InChI is InChI=1S/C20H29N5O2/c1-4-25-16(3)19(15(2)23-25)12-22-20(26)24(14-18-6-5-11-27-18)13-17-7-9-21-10-8-17/h7-10,18H,4-6,11-14H2,1-3H3,(H,22,26)/t18-/m0/s1.